The van der Waals surface area contributed by atoms with Crippen LogP contribution in [0.3, 0.4) is 0 Å². The van der Waals surface area contributed by atoms with E-state index in [4.69, 9.17) is 9.57 Å². The number of carbonyl (C=O) groups excluding carboxylic acids is 3. The Balaban J connectivity index is 1.58. The lowest BCUT2D eigenvalue weighted by Crippen LogP contribution is -2.37. The molecule has 3 aromatic carbocycles. The molecule has 2 amide bonds. The number of amides is 2. The highest BCUT2D eigenvalue weighted by molar-refractivity contribution is 9.10. The molecule has 3 atom stereocenters. The Hall–Kier alpha value is -3.69. The molecule has 0 aromatic heterocycles. The third-order valence-electron chi connectivity index (χ3n) is 6.32. The number of anilines is 2. The first kappa shape index (κ1) is 23.1. The zero-order valence-corrected chi connectivity index (χ0v) is 20.4. The van der Waals surface area contributed by atoms with Crippen molar-refractivity contribution in [2.24, 2.45) is 5.92 Å². The summed E-state index contributed by atoms with van der Waals surface area (Å²) in [5, 5.41) is 12.3. The van der Waals surface area contributed by atoms with Crippen LogP contribution < -0.4 is 9.96 Å². The highest BCUT2D eigenvalue weighted by Crippen LogP contribution is 2.50. The number of hydrogen-bond donors (Lipinski definition) is 1. The molecule has 2 fully saturated rings. The number of hydroxylamine groups is 1. The molecule has 9 heteroatoms. The minimum absolute atomic E-state index is 0.0119. The molecule has 0 aliphatic carbocycles. The van der Waals surface area contributed by atoms with Crippen LogP contribution >= 0.6 is 15.9 Å². The fourth-order valence-corrected chi connectivity index (χ4v) is 5.01. The summed E-state index contributed by atoms with van der Waals surface area (Å²) in [5.74, 6) is -2.40. The highest BCUT2D eigenvalue weighted by Gasteiger charge is 2.60. The lowest BCUT2D eigenvalue weighted by atomic mass is 9.90. The number of ether oxygens (including phenoxy) is 1. The predicted octanol–water partition coefficient (Wildman–Crippen LogP) is 4.30. The van der Waals surface area contributed by atoms with Gasteiger partial charge in [0.2, 0.25) is 5.91 Å². The smallest absolute Gasteiger partial charge is 0.337 e. The van der Waals surface area contributed by atoms with Crippen molar-refractivity contribution in [2.75, 3.05) is 17.1 Å². The van der Waals surface area contributed by atoms with E-state index in [-0.39, 0.29) is 5.75 Å². The van der Waals surface area contributed by atoms with Crippen molar-refractivity contribution in [3.8, 4) is 5.75 Å². The van der Waals surface area contributed by atoms with Gasteiger partial charge in [-0.3, -0.25) is 14.4 Å². The molecule has 3 unspecified atom stereocenters. The molecule has 35 heavy (non-hydrogen) atoms. The second-order valence-electron chi connectivity index (χ2n) is 8.36. The molecule has 2 aliphatic rings. The van der Waals surface area contributed by atoms with E-state index in [1.807, 2.05) is 31.2 Å². The number of aromatic hydroxyl groups is 1. The van der Waals surface area contributed by atoms with Crippen molar-refractivity contribution in [3.63, 3.8) is 0 Å². The van der Waals surface area contributed by atoms with Gasteiger partial charge in [-0.05, 0) is 61.0 Å². The normalized spacial score (nSPS) is 21.4. The average molecular weight is 537 g/mol. The largest absolute Gasteiger partial charge is 0.508 e. The second kappa shape index (κ2) is 8.83. The monoisotopic (exact) mass is 536 g/mol. The molecule has 178 valence electrons. The quantitative estimate of drug-likeness (QED) is 0.392. The minimum Gasteiger partial charge on any atom is -0.508 e. The van der Waals surface area contributed by atoms with E-state index in [1.54, 1.807) is 17.2 Å². The van der Waals surface area contributed by atoms with Crippen molar-refractivity contribution in [1.29, 1.82) is 0 Å². The van der Waals surface area contributed by atoms with Crippen LogP contribution in [0.2, 0.25) is 0 Å². The first-order valence-corrected chi connectivity index (χ1v) is 11.7. The molecule has 0 spiro atoms. The summed E-state index contributed by atoms with van der Waals surface area (Å²) < 4.78 is 5.43. The molecule has 8 nitrogen and oxygen atoms in total. The van der Waals surface area contributed by atoms with Crippen LogP contribution in [0.4, 0.5) is 11.4 Å². The van der Waals surface area contributed by atoms with Gasteiger partial charge in [0.15, 0.2) is 6.10 Å². The zero-order chi connectivity index (χ0) is 24.9. The lowest BCUT2D eigenvalue weighted by molar-refractivity contribution is -0.126. The topological polar surface area (TPSA) is 96.4 Å². The first-order chi connectivity index (χ1) is 16.8. The molecule has 5 rings (SSSR count). The number of para-hydroxylation sites is 1. The van der Waals surface area contributed by atoms with E-state index in [1.165, 1.54) is 37.4 Å². The number of carbonyl (C=O) groups is 3. The van der Waals surface area contributed by atoms with Gasteiger partial charge in [-0.1, -0.05) is 34.1 Å². The van der Waals surface area contributed by atoms with E-state index in [2.05, 4.69) is 15.9 Å². The van der Waals surface area contributed by atoms with Crippen molar-refractivity contribution >= 4 is 45.1 Å². The number of nitrogens with zero attached hydrogens (tertiary/aromatic N) is 2. The number of rotatable bonds is 4. The number of benzene rings is 3. The Morgan fingerprint density at radius 3 is 2.43 bits per heavy atom. The second-order valence-corrected chi connectivity index (χ2v) is 9.28. The summed E-state index contributed by atoms with van der Waals surface area (Å²) in [7, 11) is 1.28. The Morgan fingerprint density at radius 2 is 1.74 bits per heavy atom. The number of methoxy groups -OCH3 is 1. The molecule has 0 saturated carbocycles. The van der Waals surface area contributed by atoms with E-state index >= 15 is 0 Å². The number of imide groups is 1. The number of halogens is 1. The summed E-state index contributed by atoms with van der Waals surface area (Å²) in [6.45, 7) is 1.91. The number of fused-ring (bicyclic) bond motifs is 1. The molecule has 3 aromatic rings. The molecular weight excluding hydrogens is 516 g/mol. The molecule has 0 bridgehead atoms. The van der Waals surface area contributed by atoms with E-state index in [0.29, 0.717) is 27.0 Å². The Bertz CT molecular complexity index is 1340. The van der Waals surface area contributed by atoms with E-state index in [9.17, 15) is 19.5 Å². The zero-order valence-electron chi connectivity index (χ0n) is 18.8. The third kappa shape index (κ3) is 3.77. The summed E-state index contributed by atoms with van der Waals surface area (Å²) in [6.07, 6.45) is -1.08. The highest BCUT2D eigenvalue weighted by atomic mass is 79.9. The maximum absolute atomic E-state index is 13.7. The Morgan fingerprint density at radius 1 is 1.03 bits per heavy atom. The van der Waals surface area contributed by atoms with E-state index in [0.717, 1.165) is 10.5 Å². The van der Waals surface area contributed by atoms with Gasteiger partial charge in [-0.15, -0.1) is 0 Å². The van der Waals surface area contributed by atoms with Crippen molar-refractivity contribution in [1.82, 2.24) is 0 Å². The number of esters is 1. The number of phenols is 1. The summed E-state index contributed by atoms with van der Waals surface area (Å²) in [4.78, 5) is 46.2. The fourth-order valence-electron chi connectivity index (χ4n) is 4.63. The van der Waals surface area contributed by atoms with Gasteiger partial charge in [-0.25, -0.2) is 14.8 Å². The maximum Gasteiger partial charge on any atom is 0.337 e. The third-order valence-corrected chi connectivity index (χ3v) is 6.82. The fraction of sp³-hybridized carbons (Fsp3) is 0.192. The van der Waals surface area contributed by atoms with Gasteiger partial charge in [0.05, 0.1) is 30.1 Å². The summed E-state index contributed by atoms with van der Waals surface area (Å²) >= 11 is 3.44. The van der Waals surface area contributed by atoms with Crippen molar-refractivity contribution < 1.29 is 29.1 Å². The van der Waals surface area contributed by atoms with Crippen LogP contribution in [-0.4, -0.2) is 36.1 Å². The van der Waals surface area contributed by atoms with Gasteiger partial charge in [0, 0.05) is 10.0 Å². The van der Waals surface area contributed by atoms with Crippen LogP contribution in [0.15, 0.2) is 71.2 Å². The van der Waals surface area contributed by atoms with Gasteiger partial charge in [0.1, 0.15) is 11.7 Å². The number of hydrogen-bond acceptors (Lipinski definition) is 7. The standard InChI is InChI=1S/C26H21BrN2O6/c1-14-5-3-4-6-19(14)29-22(18-13-16(27)9-12-20(18)30)21-23(35-29)25(32)28(24(21)31)17-10-7-15(8-11-17)26(33)34-2/h3-13,21-23,30H,1-2H3. The average Bonchev–Trinajstić information content (AvgIpc) is 3.36. The number of phenolic OH excluding ortho intramolecular Hbond substituents is 1. The van der Waals surface area contributed by atoms with Gasteiger partial charge in [-0.2, -0.15) is 0 Å². The Kier molecular flexibility index (Phi) is 5.82. The lowest BCUT2D eigenvalue weighted by Gasteiger charge is -2.30. The maximum atomic E-state index is 13.7. The summed E-state index contributed by atoms with van der Waals surface area (Å²) in [5.41, 5.74) is 2.67. The minimum atomic E-state index is -1.08. The van der Waals surface area contributed by atoms with Gasteiger partial charge < -0.3 is 9.84 Å². The molecule has 1 N–H and O–H groups in total. The van der Waals surface area contributed by atoms with Crippen LogP contribution in [-0.2, 0) is 19.2 Å². The van der Waals surface area contributed by atoms with Crippen molar-refractivity contribution in [2.45, 2.75) is 19.1 Å². The molecule has 2 saturated heterocycles. The Labute approximate surface area is 209 Å². The SMILES string of the molecule is COC(=O)c1ccc(N2C(=O)C3ON(c4ccccc4C)C(c4cc(Br)ccc4O)C3C2=O)cc1. The van der Waals surface area contributed by atoms with Crippen LogP contribution in [0, 0.1) is 12.8 Å². The van der Waals surface area contributed by atoms with Gasteiger partial charge in [0.25, 0.3) is 5.91 Å². The van der Waals surface area contributed by atoms with Gasteiger partial charge >= 0.3 is 5.97 Å². The van der Waals surface area contributed by atoms with E-state index < -0.39 is 35.8 Å². The molecule has 2 aliphatic heterocycles. The summed E-state index contributed by atoms with van der Waals surface area (Å²) in [6, 6.07) is 17.7. The van der Waals surface area contributed by atoms with Crippen LogP contribution in [0.25, 0.3) is 0 Å². The molecule has 0 radical (unpaired) electrons. The van der Waals surface area contributed by atoms with Crippen LogP contribution in [0.1, 0.15) is 27.5 Å². The molecule has 2 heterocycles. The number of aryl methyl sites for hydroxylation is 1. The predicted molar refractivity (Wildman–Crippen MR) is 131 cm³/mol. The van der Waals surface area contributed by atoms with Crippen LogP contribution in [0.5, 0.6) is 5.75 Å². The van der Waals surface area contributed by atoms with Crippen molar-refractivity contribution in [3.05, 3.63) is 87.9 Å². The first-order valence-electron chi connectivity index (χ1n) is 10.9. The molecular formula is C26H21BrN2O6.